The molecule has 7 heteroatoms. The highest BCUT2D eigenvalue weighted by atomic mass is 35.5. The summed E-state index contributed by atoms with van der Waals surface area (Å²) in [6, 6.07) is 10.0. The van der Waals surface area contributed by atoms with E-state index in [1.165, 1.54) is 17.7 Å². The molecular formula is C17H13Cl2N3O2. The Bertz CT molecular complexity index is 968. The largest absolute Gasteiger partial charge is 0.357 e. The topological polar surface area (TPSA) is 71.0 Å². The predicted molar refractivity (Wildman–Crippen MR) is 95.0 cm³/mol. The molecule has 4 rings (SSSR count). The lowest BCUT2D eigenvalue weighted by molar-refractivity contribution is -0.384. The number of rotatable bonds is 2. The Hall–Kier alpha value is -2.08. The quantitative estimate of drug-likeness (QED) is 0.516. The maximum Gasteiger partial charge on any atom is 0.269 e. The second-order valence-electron chi connectivity index (χ2n) is 5.81. The standard InChI is InChI=1S/C17H13Cl2N3O2/c18-9-1-4-15-12(7-9)11-5-6-20-16(17(11)21-15)13-8-10(22(23)24)2-3-14(13)19/h1-4,7-8,16,20-21H,5-6H2. The summed E-state index contributed by atoms with van der Waals surface area (Å²) in [5.74, 6) is 0. The van der Waals surface area contributed by atoms with E-state index in [9.17, 15) is 10.1 Å². The highest BCUT2D eigenvalue weighted by Gasteiger charge is 2.28. The molecule has 0 radical (unpaired) electrons. The zero-order chi connectivity index (χ0) is 16.8. The number of aromatic amines is 1. The van der Waals surface area contributed by atoms with Gasteiger partial charge in [-0.1, -0.05) is 23.2 Å². The monoisotopic (exact) mass is 361 g/mol. The number of nitro benzene ring substituents is 1. The van der Waals surface area contributed by atoms with E-state index >= 15 is 0 Å². The number of benzene rings is 2. The van der Waals surface area contributed by atoms with Crippen molar-refractivity contribution < 1.29 is 4.92 Å². The van der Waals surface area contributed by atoms with E-state index in [0.29, 0.717) is 15.6 Å². The van der Waals surface area contributed by atoms with Gasteiger partial charge in [0.1, 0.15) is 0 Å². The molecule has 0 amide bonds. The normalized spacial score (nSPS) is 17.0. The lowest BCUT2D eigenvalue weighted by Crippen LogP contribution is -2.30. The minimum absolute atomic E-state index is 0.0301. The number of aromatic nitrogens is 1. The molecule has 1 atom stereocenters. The van der Waals surface area contributed by atoms with Gasteiger partial charge in [-0.3, -0.25) is 10.1 Å². The van der Waals surface area contributed by atoms with Gasteiger partial charge < -0.3 is 10.3 Å². The van der Waals surface area contributed by atoms with Crippen molar-refractivity contribution in [3.05, 3.63) is 73.4 Å². The second-order valence-corrected chi connectivity index (χ2v) is 6.65. The van der Waals surface area contributed by atoms with Gasteiger partial charge in [-0.05, 0) is 36.2 Å². The molecule has 5 nitrogen and oxygen atoms in total. The Morgan fingerprint density at radius 1 is 1.17 bits per heavy atom. The Morgan fingerprint density at radius 2 is 2.00 bits per heavy atom. The van der Waals surface area contributed by atoms with Crippen LogP contribution in [-0.4, -0.2) is 16.5 Å². The van der Waals surface area contributed by atoms with Crippen molar-refractivity contribution in [2.24, 2.45) is 0 Å². The van der Waals surface area contributed by atoms with Gasteiger partial charge in [-0.2, -0.15) is 0 Å². The van der Waals surface area contributed by atoms with Crippen LogP contribution in [-0.2, 0) is 6.42 Å². The highest BCUT2D eigenvalue weighted by Crippen LogP contribution is 2.37. The number of hydrogen-bond acceptors (Lipinski definition) is 3. The van der Waals surface area contributed by atoms with Gasteiger partial charge in [0.25, 0.3) is 5.69 Å². The van der Waals surface area contributed by atoms with E-state index < -0.39 is 4.92 Å². The number of hydrogen-bond donors (Lipinski definition) is 2. The molecule has 0 fully saturated rings. The van der Waals surface area contributed by atoms with Crippen molar-refractivity contribution in [3.63, 3.8) is 0 Å². The summed E-state index contributed by atoms with van der Waals surface area (Å²) in [7, 11) is 0. The van der Waals surface area contributed by atoms with Crippen molar-refractivity contribution in [3.8, 4) is 0 Å². The summed E-state index contributed by atoms with van der Waals surface area (Å²) in [5.41, 5.74) is 3.89. The van der Waals surface area contributed by atoms with E-state index in [1.807, 2.05) is 18.2 Å². The lowest BCUT2D eigenvalue weighted by Gasteiger charge is -2.25. The molecular weight excluding hydrogens is 349 g/mol. The fourth-order valence-electron chi connectivity index (χ4n) is 3.33. The number of non-ortho nitro benzene ring substituents is 1. The van der Waals surface area contributed by atoms with Crippen LogP contribution < -0.4 is 5.32 Å². The van der Waals surface area contributed by atoms with Crippen LogP contribution in [0.4, 0.5) is 5.69 Å². The molecule has 2 N–H and O–H groups in total. The average Bonchev–Trinajstić information content (AvgIpc) is 2.93. The van der Waals surface area contributed by atoms with E-state index in [0.717, 1.165) is 29.6 Å². The number of H-pyrrole nitrogens is 1. The summed E-state index contributed by atoms with van der Waals surface area (Å²) in [5, 5.41) is 16.8. The van der Waals surface area contributed by atoms with Crippen LogP contribution in [0.25, 0.3) is 10.9 Å². The molecule has 0 saturated heterocycles. The van der Waals surface area contributed by atoms with Crippen LogP contribution in [0.15, 0.2) is 36.4 Å². The molecule has 3 aromatic rings. The molecule has 0 bridgehead atoms. The Kier molecular flexibility index (Phi) is 3.72. The summed E-state index contributed by atoms with van der Waals surface area (Å²) in [6.07, 6.45) is 0.860. The minimum Gasteiger partial charge on any atom is -0.357 e. The van der Waals surface area contributed by atoms with Crippen molar-refractivity contribution in [1.82, 2.24) is 10.3 Å². The van der Waals surface area contributed by atoms with E-state index in [1.54, 1.807) is 6.07 Å². The zero-order valence-electron chi connectivity index (χ0n) is 12.5. The first-order valence-corrected chi connectivity index (χ1v) is 8.27. The van der Waals surface area contributed by atoms with Gasteiger partial charge in [0.2, 0.25) is 0 Å². The van der Waals surface area contributed by atoms with Crippen molar-refractivity contribution in [2.75, 3.05) is 6.54 Å². The summed E-state index contributed by atoms with van der Waals surface area (Å²) >= 11 is 12.5. The molecule has 1 aromatic heterocycles. The molecule has 2 aromatic carbocycles. The molecule has 0 spiro atoms. The molecule has 2 heterocycles. The first kappa shape index (κ1) is 15.4. The predicted octanol–water partition coefficient (Wildman–Crippen LogP) is 4.62. The molecule has 24 heavy (non-hydrogen) atoms. The first-order chi connectivity index (χ1) is 11.5. The van der Waals surface area contributed by atoms with E-state index in [-0.39, 0.29) is 11.7 Å². The molecule has 0 aliphatic carbocycles. The third-order valence-electron chi connectivity index (χ3n) is 4.41. The smallest absolute Gasteiger partial charge is 0.269 e. The van der Waals surface area contributed by atoms with Crippen LogP contribution in [0.2, 0.25) is 10.0 Å². The lowest BCUT2D eigenvalue weighted by atomic mass is 9.94. The average molecular weight is 362 g/mol. The number of nitro groups is 1. The Morgan fingerprint density at radius 3 is 2.79 bits per heavy atom. The maximum absolute atomic E-state index is 11.1. The van der Waals surface area contributed by atoms with Crippen molar-refractivity contribution in [1.29, 1.82) is 0 Å². The zero-order valence-corrected chi connectivity index (χ0v) is 14.0. The number of fused-ring (bicyclic) bond motifs is 3. The molecule has 122 valence electrons. The van der Waals surface area contributed by atoms with E-state index in [4.69, 9.17) is 23.2 Å². The fourth-order valence-corrected chi connectivity index (χ4v) is 3.73. The molecule has 1 unspecified atom stereocenters. The van der Waals surface area contributed by atoms with Gasteiger partial charge in [0, 0.05) is 50.9 Å². The Balaban J connectivity index is 1.90. The van der Waals surface area contributed by atoms with Gasteiger partial charge in [0.05, 0.1) is 11.0 Å². The number of halogens is 2. The summed E-state index contributed by atoms with van der Waals surface area (Å²) in [6.45, 7) is 0.760. The van der Waals surface area contributed by atoms with Gasteiger partial charge in [-0.25, -0.2) is 0 Å². The summed E-state index contributed by atoms with van der Waals surface area (Å²) < 4.78 is 0. The van der Waals surface area contributed by atoms with Crippen LogP contribution >= 0.6 is 23.2 Å². The van der Waals surface area contributed by atoms with Crippen LogP contribution in [0.5, 0.6) is 0 Å². The third kappa shape index (κ3) is 2.45. The first-order valence-electron chi connectivity index (χ1n) is 7.52. The molecule has 0 saturated carbocycles. The van der Waals surface area contributed by atoms with Gasteiger partial charge in [-0.15, -0.1) is 0 Å². The maximum atomic E-state index is 11.1. The fraction of sp³-hybridized carbons (Fsp3) is 0.176. The van der Waals surface area contributed by atoms with Crippen LogP contribution in [0.1, 0.15) is 22.9 Å². The van der Waals surface area contributed by atoms with Crippen molar-refractivity contribution in [2.45, 2.75) is 12.5 Å². The molecule has 1 aliphatic heterocycles. The minimum atomic E-state index is -0.408. The van der Waals surface area contributed by atoms with Crippen LogP contribution in [0, 0.1) is 10.1 Å². The van der Waals surface area contributed by atoms with Crippen molar-refractivity contribution >= 4 is 39.8 Å². The number of nitrogens with one attached hydrogen (secondary N) is 2. The Labute approximate surface area is 147 Å². The van der Waals surface area contributed by atoms with E-state index in [2.05, 4.69) is 10.3 Å². The second kappa shape index (κ2) is 5.77. The van der Waals surface area contributed by atoms with Gasteiger partial charge >= 0.3 is 0 Å². The third-order valence-corrected chi connectivity index (χ3v) is 4.99. The number of nitrogens with zero attached hydrogens (tertiary/aromatic N) is 1. The summed E-state index contributed by atoms with van der Waals surface area (Å²) in [4.78, 5) is 14.1. The molecule has 1 aliphatic rings. The highest BCUT2D eigenvalue weighted by molar-refractivity contribution is 6.31. The SMILES string of the molecule is O=[N+]([O-])c1ccc(Cl)c(C2NCCc3c2[nH]c2ccc(Cl)cc32)c1. The van der Waals surface area contributed by atoms with Gasteiger partial charge in [0.15, 0.2) is 0 Å². The van der Waals surface area contributed by atoms with Crippen LogP contribution in [0.3, 0.4) is 0 Å².